The zero-order valence-corrected chi connectivity index (χ0v) is 6.92. The van der Waals surface area contributed by atoms with Crippen molar-refractivity contribution in [3.05, 3.63) is 0 Å². The number of hydrogen-bond donors (Lipinski definition) is 1. The smallest absolute Gasteiger partial charge is 0.238 e. The standard InChI is InChI=1S/C7H15N3O/c1-2-9-5-3-7(11)10(9)6-4-8/h2-6,8H2,1H3. The molecule has 0 unspecified atom stereocenters. The Morgan fingerprint density at radius 2 is 2.36 bits per heavy atom. The first-order valence-electron chi connectivity index (χ1n) is 4.05. The predicted molar refractivity (Wildman–Crippen MR) is 42.6 cm³/mol. The normalized spacial score (nSPS) is 19.8. The number of carbonyl (C=O) groups excluding carboxylic acids is 1. The molecule has 0 saturated carbocycles. The third-order valence-electron chi connectivity index (χ3n) is 1.92. The van der Waals surface area contributed by atoms with Gasteiger partial charge in [0.2, 0.25) is 5.91 Å². The number of carbonyl (C=O) groups is 1. The maximum Gasteiger partial charge on any atom is 0.238 e. The van der Waals surface area contributed by atoms with E-state index in [1.54, 1.807) is 5.01 Å². The fraction of sp³-hybridized carbons (Fsp3) is 0.857. The first-order chi connectivity index (χ1) is 5.29. The molecule has 0 aromatic heterocycles. The van der Waals surface area contributed by atoms with Crippen LogP contribution in [0.4, 0.5) is 0 Å². The van der Waals surface area contributed by atoms with Crippen molar-refractivity contribution in [3.8, 4) is 0 Å². The summed E-state index contributed by atoms with van der Waals surface area (Å²) in [5.74, 6) is 0.206. The summed E-state index contributed by atoms with van der Waals surface area (Å²) in [5.41, 5.74) is 5.37. The number of rotatable bonds is 3. The average Bonchev–Trinajstić information content (AvgIpc) is 2.34. The quantitative estimate of drug-likeness (QED) is 0.596. The summed E-state index contributed by atoms with van der Waals surface area (Å²) < 4.78 is 0. The van der Waals surface area contributed by atoms with Gasteiger partial charge in [0.05, 0.1) is 0 Å². The first kappa shape index (κ1) is 8.49. The van der Waals surface area contributed by atoms with E-state index in [0.717, 1.165) is 13.1 Å². The van der Waals surface area contributed by atoms with Gasteiger partial charge in [0.25, 0.3) is 0 Å². The van der Waals surface area contributed by atoms with Gasteiger partial charge in [-0.3, -0.25) is 9.80 Å². The molecule has 0 aromatic rings. The van der Waals surface area contributed by atoms with Crippen LogP contribution in [0.3, 0.4) is 0 Å². The Kier molecular flexibility index (Phi) is 2.84. The van der Waals surface area contributed by atoms with Crippen molar-refractivity contribution in [1.29, 1.82) is 0 Å². The Hall–Kier alpha value is -0.610. The Balaban J connectivity index is 2.49. The molecular weight excluding hydrogens is 142 g/mol. The van der Waals surface area contributed by atoms with Crippen molar-refractivity contribution < 1.29 is 4.79 Å². The van der Waals surface area contributed by atoms with Gasteiger partial charge in [0.15, 0.2) is 0 Å². The summed E-state index contributed by atoms with van der Waals surface area (Å²) in [6.07, 6.45) is 0.647. The van der Waals surface area contributed by atoms with Crippen molar-refractivity contribution in [2.45, 2.75) is 13.3 Å². The van der Waals surface area contributed by atoms with Crippen molar-refractivity contribution in [2.24, 2.45) is 5.73 Å². The number of nitrogens with two attached hydrogens (primary N) is 1. The van der Waals surface area contributed by atoms with E-state index in [-0.39, 0.29) is 5.91 Å². The largest absolute Gasteiger partial charge is 0.329 e. The number of hydrazine groups is 1. The molecular formula is C7H15N3O. The average molecular weight is 157 g/mol. The SMILES string of the molecule is CCN1CCC(=O)N1CCN. The van der Waals surface area contributed by atoms with Gasteiger partial charge < -0.3 is 5.73 Å². The van der Waals surface area contributed by atoms with Crippen LogP contribution < -0.4 is 5.73 Å². The number of hydrogen-bond acceptors (Lipinski definition) is 3. The lowest BCUT2D eigenvalue weighted by Gasteiger charge is -2.25. The van der Waals surface area contributed by atoms with Crippen LogP contribution in [0.5, 0.6) is 0 Å². The van der Waals surface area contributed by atoms with E-state index >= 15 is 0 Å². The van der Waals surface area contributed by atoms with E-state index in [0.29, 0.717) is 19.5 Å². The van der Waals surface area contributed by atoms with Crippen molar-refractivity contribution >= 4 is 5.91 Å². The predicted octanol–water partition coefficient (Wildman–Crippen LogP) is -0.586. The molecule has 0 atom stereocenters. The molecule has 0 radical (unpaired) electrons. The lowest BCUT2D eigenvalue weighted by Crippen LogP contribution is -2.41. The topological polar surface area (TPSA) is 49.6 Å². The van der Waals surface area contributed by atoms with E-state index in [9.17, 15) is 4.79 Å². The van der Waals surface area contributed by atoms with Gasteiger partial charge in [0.1, 0.15) is 0 Å². The number of amides is 1. The minimum Gasteiger partial charge on any atom is -0.329 e. The van der Waals surface area contributed by atoms with E-state index in [1.165, 1.54) is 0 Å². The van der Waals surface area contributed by atoms with Crippen LogP contribution in [0, 0.1) is 0 Å². The Bertz CT molecular complexity index is 149. The molecule has 0 aromatic carbocycles. The van der Waals surface area contributed by atoms with E-state index < -0.39 is 0 Å². The summed E-state index contributed by atoms with van der Waals surface area (Å²) >= 11 is 0. The summed E-state index contributed by atoms with van der Waals surface area (Å²) in [7, 11) is 0. The fourth-order valence-electron chi connectivity index (χ4n) is 1.35. The lowest BCUT2D eigenvalue weighted by atomic mass is 10.4. The Morgan fingerprint density at radius 3 is 2.91 bits per heavy atom. The third kappa shape index (κ3) is 1.70. The Morgan fingerprint density at radius 1 is 1.64 bits per heavy atom. The first-order valence-corrected chi connectivity index (χ1v) is 4.05. The van der Waals surface area contributed by atoms with E-state index in [2.05, 4.69) is 0 Å². The van der Waals surface area contributed by atoms with Crippen molar-refractivity contribution in [3.63, 3.8) is 0 Å². The van der Waals surface area contributed by atoms with Crippen LogP contribution in [-0.4, -0.2) is 42.1 Å². The van der Waals surface area contributed by atoms with Gasteiger partial charge in [0, 0.05) is 32.6 Å². The van der Waals surface area contributed by atoms with Gasteiger partial charge in [-0.15, -0.1) is 0 Å². The van der Waals surface area contributed by atoms with E-state index in [4.69, 9.17) is 5.73 Å². The molecule has 1 fully saturated rings. The molecule has 1 aliphatic rings. The van der Waals surface area contributed by atoms with Crippen molar-refractivity contribution in [2.75, 3.05) is 26.2 Å². The van der Waals surface area contributed by atoms with Gasteiger partial charge in [-0.2, -0.15) is 0 Å². The monoisotopic (exact) mass is 157 g/mol. The molecule has 1 rings (SSSR count). The highest BCUT2D eigenvalue weighted by atomic mass is 16.2. The molecule has 4 nitrogen and oxygen atoms in total. The highest BCUT2D eigenvalue weighted by Crippen LogP contribution is 2.09. The van der Waals surface area contributed by atoms with Gasteiger partial charge in [-0.25, -0.2) is 5.01 Å². The summed E-state index contributed by atoms with van der Waals surface area (Å²) in [6, 6.07) is 0. The fourth-order valence-corrected chi connectivity index (χ4v) is 1.35. The Labute approximate surface area is 66.9 Å². The van der Waals surface area contributed by atoms with Crippen LogP contribution >= 0.6 is 0 Å². The zero-order valence-electron chi connectivity index (χ0n) is 6.92. The maximum absolute atomic E-state index is 11.2. The summed E-state index contributed by atoms with van der Waals surface area (Å²) in [5, 5.41) is 3.79. The number of nitrogens with zero attached hydrogens (tertiary/aromatic N) is 2. The minimum atomic E-state index is 0.206. The van der Waals surface area contributed by atoms with E-state index in [1.807, 2.05) is 11.9 Å². The molecule has 0 bridgehead atoms. The maximum atomic E-state index is 11.2. The summed E-state index contributed by atoms with van der Waals surface area (Å²) in [4.78, 5) is 11.2. The summed E-state index contributed by atoms with van der Waals surface area (Å²) in [6.45, 7) is 5.00. The van der Waals surface area contributed by atoms with Gasteiger partial charge in [-0.05, 0) is 0 Å². The molecule has 1 aliphatic heterocycles. The molecule has 0 spiro atoms. The molecule has 1 saturated heterocycles. The molecule has 11 heavy (non-hydrogen) atoms. The second kappa shape index (κ2) is 3.69. The minimum absolute atomic E-state index is 0.206. The third-order valence-corrected chi connectivity index (χ3v) is 1.92. The van der Waals surface area contributed by atoms with Gasteiger partial charge >= 0.3 is 0 Å². The van der Waals surface area contributed by atoms with Crippen LogP contribution in [0.1, 0.15) is 13.3 Å². The van der Waals surface area contributed by atoms with Crippen LogP contribution in [-0.2, 0) is 4.79 Å². The second-order valence-corrected chi connectivity index (χ2v) is 2.60. The highest BCUT2D eigenvalue weighted by Gasteiger charge is 2.26. The molecule has 1 heterocycles. The molecule has 4 heteroatoms. The highest BCUT2D eigenvalue weighted by molar-refractivity contribution is 5.77. The zero-order chi connectivity index (χ0) is 8.27. The van der Waals surface area contributed by atoms with Crippen LogP contribution in [0.2, 0.25) is 0 Å². The molecule has 1 amide bonds. The van der Waals surface area contributed by atoms with Crippen molar-refractivity contribution in [1.82, 2.24) is 10.0 Å². The lowest BCUT2D eigenvalue weighted by molar-refractivity contribution is -0.137. The second-order valence-electron chi connectivity index (χ2n) is 2.60. The van der Waals surface area contributed by atoms with Crippen LogP contribution in [0.25, 0.3) is 0 Å². The molecule has 0 aliphatic carbocycles. The van der Waals surface area contributed by atoms with Gasteiger partial charge in [-0.1, -0.05) is 6.92 Å². The van der Waals surface area contributed by atoms with Crippen LogP contribution in [0.15, 0.2) is 0 Å². The molecule has 64 valence electrons. The molecule has 2 N–H and O–H groups in total.